The monoisotopic (exact) mass is 1100 g/mol. The van der Waals surface area contributed by atoms with Gasteiger partial charge in [-0.2, -0.15) is 0 Å². The van der Waals surface area contributed by atoms with Gasteiger partial charge in [0.15, 0.2) is 0 Å². The van der Waals surface area contributed by atoms with Gasteiger partial charge < -0.3 is 27.0 Å². The zero-order valence-corrected chi connectivity index (χ0v) is 46.0. The Morgan fingerprint density at radius 1 is 0.221 bits per heavy atom. The van der Waals surface area contributed by atoms with Gasteiger partial charge in [-0.1, -0.05) is 164 Å². The van der Waals surface area contributed by atoms with Crippen molar-refractivity contribution in [2.75, 3.05) is 0 Å². The van der Waals surface area contributed by atoms with Crippen LogP contribution in [0.1, 0.15) is 0 Å². The zero-order chi connectivity index (χ0) is 55.9. The average Bonchev–Trinajstić information content (AvgIpc) is 2.08. The molecule has 0 aliphatic carbocycles. The normalized spacial score (nSPS) is 12.4. The number of furan rings is 3. The van der Waals surface area contributed by atoms with E-state index in [2.05, 4.69) is 281 Å². The van der Waals surface area contributed by atoms with Crippen LogP contribution in [-0.4, -0.2) is 13.7 Å². The minimum absolute atomic E-state index is 0.840. The third-order valence-electron chi connectivity index (χ3n) is 18.6. The van der Waals surface area contributed by atoms with E-state index < -0.39 is 0 Å². The predicted octanol–water partition coefficient (Wildman–Crippen LogP) is 22.3. The minimum atomic E-state index is 0.840. The van der Waals surface area contributed by atoms with Gasteiger partial charge in [0.05, 0.1) is 49.9 Å². The molecule has 6 heteroatoms. The molecule has 398 valence electrons. The maximum absolute atomic E-state index is 6.91. The van der Waals surface area contributed by atoms with Crippen molar-refractivity contribution in [3.05, 3.63) is 273 Å². The highest BCUT2D eigenvalue weighted by Crippen LogP contribution is 2.48. The van der Waals surface area contributed by atoms with E-state index in [1.54, 1.807) is 0 Å². The molecule has 86 heavy (non-hydrogen) atoms. The van der Waals surface area contributed by atoms with Crippen molar-refractivity contribution in [3.63, 3.8) is 0 Å². The molecule has 14 aromatic carbocycles. The molecule has 0 aliphatic rings. The predicted molar refractivity (Wildman–Crippen MR) is 357 cm³/mol. The first-order valence-corrected chi connectivity index (χ1v) is 29.4. The molecule has 0 saturated carbocycles. The Balaban J connectivity index is 0.740. The fourth-order valence-electron chi connectivity index (χ4n) is 15.0. The van der Waals surface area contributed by atoms with Gasteiger partial charge in [-0.3, -0.25) is 0 Å². The van der Waals surface area contributed by atoms with E-state index in [9.17, 15) is 0 Å². The van der Waals surface area contributed by atoms with E-state index in [0.29, 0.717) is 0 Å². The Bertz CT molecular complexity index is 6330. The quantitative estimate of drug-likeness (QED) is 0.173. The molecule has 6 heterocycles. The maximum atomic E-state index is 6.91. The van der Waals surface area contributed by atoms with Crippen LogP contribution in [0.3, 0.4) is 0 Å². The van der Waals surface area contributed by atoms with Crippen LogP contribution in [0.15, 0.2) is 286 Å². The molecule has 6 nitrogen and oxygen atoms in total. The fourth-order valence-corrected chi connectivity index (χ4v) is 15.0. The lowest BCUT2D eigenvalue weighted by molar-refractivity contribution is 0.668. The molecular formula is C80H45N3O3. The molecule has 0 unspecified atom stereocenters. The first-order valence-electron chi connectivity index (χ1n) is 29.4. The molecule has 0 bridgehead atoms. The molecule has 20 aromatic rings. The Labute approximate surface area is 489 Å². The average molecular weight is 1100 g/mol. The third kappa shape index (κ3) is 6.18. The van der Waals surface area contributed by atoms with Gasteiger partial charge in [-0.05, 0) is 136 Å². The number of benzene rings is 14. The maximum Gasteiger partial charge on any atom is 0.137 e. The molecule has 0 N–H and O–H groups in total. The van der Waals surface area contributed by atoms with E-state index in [1.165, 1.54) is 70.5 Å². The van der Waals surface area contributed by atoms with Gasteiger partial charge >= 0.3 is 0 Å². The minimum Gasteiger partial charge on any atom is -0.456 e. The van der Waals surface area contributed by atoms with Gasteiger partial charge in [0, 0.05) is 81.8 Å². The number of aromatic nitrogens is 3. The molecular weight excluding hydrogens is 1050 g/mol. The van der Waals surface area contributed by atoms with Gasteiger partial charge in [0.25, 0.3) is 0 Å². The summed E-state index contributed by atoms with van der Waals surface area (Å²) >= 11 is 0. The van der Waals surface area contributed by atoms with Crippen molar-refractivity contribution in [1.82, 2.24) is 13.7 Å². The summed E-state index contributed by atoms with van der Waals surface area (Å²) in [7, 11) is 0. The summed E-state index contributed by atoms with van der Waals surface area (Å²) in [5.41, 5.74) is 19.8. The Morgan fingerprint density at radius 2 is 0.802 bits per heavy atom. The second-order valence-electron chi connectivity index (χ2n) is 23.0. The number of rotatable bonds is 5. The van der Waals surface area contributed by atoms with Gasteiger partial charge in [0.2, 0.25) is 0 Å². The lowest BCUT2D eigenvalue weighted by atomic mass is 9.93. The second kappa shape index (κ2) is 17.0. The van der Waals surface area contributed by atoms with E-state index in [4.69, 9.17) is 13.3 Å². The van der Waals surface area contributed by atoms with Crippen molar-refractivity contribution in [3.8, 4) is 39.3 Å². The zero-order valence-electron chi connectivity index (χ0n) is 46.0. The highest BCUT2D eigenvalue weighted by molar-refractivity contribution is 6.29. The van der Waals surface area contributed by atoms with Crippen molar-refractivity contribution >= 4 is 153 Å². The van der Waals surface area contributed by atoms with Crippen LogP contribution in [0.4, 0.5) is 0 Å². The summed E-state index contributed by atoms with van der Waals surface area (Å²) < 4.78 is 27.6. The van der Waals surface area contributed by atoms with E-state index in [0.717, 1.165) is 122 Å². The molecule has 0 radical (unpaired) electrons. The van der Waals surface area contributed by atoms with Crippen LogP contribution in [-0.2, 0) is 0 Å². The molecule has 0 fully saturated rings. The highest BCUT2D eigenvalue weighted by Gasteiger charge is 2.25. The third-order valence-corrected chi connectivity index (χ3v) is 18.6. The van der Waals surface area contributed by atoms with Gasteiger partial charge in [-0.15, -0.1) is 0 Å². The number of hydrogen-bond donors (Lipinski definition) is 0. The standard InChI is InChI=1S/C80H45N3O3/c1-2-18-49(19-3-1)81-67-30-15-26-56(76(67)62-44-61-55-24-10-13-31-70(55)84-75(61)45-69(62)81)52-36-38-66(53-22-7-6-21-51(52)53)82-65-28-12-9-25-58(65)77-68(82)39-41-71-78(77)59-34-32-47(42-73(59)85-71)48-33-35-60-74(43-48)86-72-40-37-57-54-23-8-11-27-64(54)83(80(57)79(60)72)63-29-14-17-46-16-4-5-20-50(46)63/h1-45H. The molecule has 0 atom stereocenters. The summed E-state index contributed by atoms with van der Waals surface area (Å²) in [6.45, 7) is 0. The summed E-state index contributed by atoms with van der Waals surface area (Å²) in [5, 5.41) is 18.5. The highest BCUT2D eigenvalue weighted by atomic mass is 16.3. The number of hydrogen-bond acceptors (Lipinski definition) is 3. The topological polar surface area (TPSA) is 54.2 Å². The summed E-state index contributed by atoms with van der Waals surface area (Å²) in [6.07, 6.45) is 0. The molecule has 0 spiro atoms. The number of para-hydroxylation sites is 4. The van der Waals surface area contributed by atoms with Crippen molar-refractivity contribution in [1.29, 1.82) is 0 Å². The molecule has 0 aliphatic heterocycles. The first kappa shape index (κ1) is 45.9. The smallest absolute Gasteiger partial charge is 0.137 e. The Kier molecular flexibility index (Phi) is 9.09. The van der Waals surface area contributed by atoms with Crippen LogP contribution in [0.5, 0.6) is 0 Å². The largest absolute Gasteiger partial charge is 0.456 e. The van der Waals surface area contributed by atoms with E-state index in [1.807, 2.05) is 6.07 Å². The van der Waals surface area contributed by atoms with Gasteiger partial charge in [-0.25, -0.2) is 0 Å². The summed E-state index contributed by atoms with van der Waals surface area (Å²) in [6, 6.07) is 98.9. The number of nitrogens with zero attached hydrogens (tertiary/aromatic N) is 3. The fraction of sp³-hybridized carbons (Fsp3) is 0. The molecule has 20 rings (SSSR count). The van der Waals surface area contributed by atoms with Crippen molar-refractivity contribution in [2.24, 2.45) is 0 Å². The van der Waals surface area contributed by atoms with Crippen LogP contribution in [0.25, 0.3) is 192 Å². The van der Waals surface area contributed by atoms with Crippen LogP contribution >= 0.6 is 0 Å². The van der Waals surface area contributed by atoms with E-state index >= 15 is 0 Å². The van der Waals surface area contributed by atoms with Crippen LogP contribution in [0.2, 0.25) is 0 Å². The number of fused-ring (bicyclic) bond motifs is 22. The SMILES string of the molecule is c1ccc(-n2c3cc4oc5ccccc5c4cc3c3c(-c4ccc(-n5c6ccccc6c6c7c(ccc65)oc5cc(-c6ccc8c(c6)oc6ccc9c%10ccccc%10n(-c%10cccc%11ccccc%10%11)c9c68)ccc57)c5ccccc45)cccc32)cc1. The van der Waals surface area contributed by atoms with Crippen molar-refractivity contribution < 1.29 is 13.3 Å². The molecule has 0 saturated heterocycles. The van der Waals surface area contributed by atoms with Crippen molar-refractivity contribution in [2.45, 2.75) is 0 Å². The van der Waals surface area contributed by atoms with Gasteiger partial charge in [0.1, 0.15) is 33.5 Å². The summed E-state index contributed by atoms with van der Waals surface area (Å²) in [5.74, 6) is 0. The van der Waals surface area contributed by atoms with Crippen LogP contribution in [0, 0.1) is 0 Å². The van der Waals surface area contributed by atoms with E-state index in [-0.39, 0.29) is 0 Å². The lowest BCUT2D eigenvalue weighted by Crippen LogP contribution is -1.96. The molecule has 6 aromatic heterocycles. The Hall–Kier alpha value is -11.6. The second-order valence-corrected chi connectivity index (χ2v) is 23.0. The molecule has 0 amide bonds. The van der Waals surface area contributed by atoms with Crippen LogP contribution < -0.4 is 0 Å². The first-order chi connectivity index (χ1) is 42.7. The lowest BCUT2D eigenvalue weighted by Gasteiger charge is -2.16. The Morgan fingerprint density at radius 3 is 1.63 bits per heavy atom. The summed E-state index contributed by atoms with van der Waals surface area (Å²) in [4.78, 5) is 0.